The van der Waals surface area contributed by atoms with E-state index in [1.54, 1.807) is 17.0 Å². The molecule has 25 heavy (non-hydrogen) atoms. The van der Waals surface area contributed by atoms with Crippen LogP contribution in [-0.2, 0) is 0 Å². The minimum atomic E-state index is -0.277. The minimum Gasteiger partial charge on any atom is -0.487 e. The summed E-state index contributed by atoms with van der Waals surface area (Å²) in [4.78, 5) is 16.5. The SMILES string of the molecule is CC(C)N1CCC[C@H](CNC(=O)N2CC(Oc3ccc(F)cc3)C2)C1. The number of carbonyl (C=O) groups is 1. The van der Waals surface area contributed by atoms with Crippen LogP contribution in [0.25, 0.3) is 0 Å². The Morgan fingerprint density at radius 1 is 1.28 bits per heavy atom. The Labute approximate surface area is 149 Å². The van der Waals surface area contributed by atoms with Gasteiger partial charge in [0.2, 0.25) is 0 Å². The molecule has 2 heterocycles. The van der Waals surface area contributed by atoms with Gasteiger partial charge in [0.05, 0.1) is 13.1 Å². The van der Waals surface area contributed by atoms with Gasteiger partial charge in [-0.05, 0) is 63.4 Å². The molecule has 0 aliphatic carbocycles. The summed E-state index contributed by atoms with van der Waals surface area (Å²) in [6.07, 6.45) is 2.37. The summed E-state index contributed by atoms with van der Waals surface area (Å²) in [7, 11) is 0. The summed E-state index contributed by atoms with van der Waals surface area (Å²) in [6, 6.07) is 6.54. The lowest BCUT2D eigenvalue weighted by Crippen LogP contribution is -2.59. The van der Waals surface area contributed by atoms with E-state index in [4.69, 9.17) is 4.74 Å². The highest BCUT2D eigenvalue weighted by Gasteiger charge is 2.32. The van der Waals surface area contributed by atoms with Crippen molar-refractivity contribution in [2.24, 2.45) is 5.92 Å². The standard InChI is InChI=1S/C19H28FN3O2/c1-14(2)22-9-3-4-15(11-22)10-21-19(24)23-12-18(13-23)25-17-7-5-16(20)6-8-17/h5-8,14-15,18H,3-4,9-13H2,1-2H3,(H,21,24)/t15-/m1/s1. The Kier molecular flexibility index (Phi) is 5.78. The zero-order valence-electron chi connectivity index (χ0n) is 15.1. The summed E-state index contributed by atoms with van der Waals surface area (Å²) in [5.41, 5.74) is 0. The van der Waals surface area contributed by atoms with Gasteiger partial charge >= 0.3 is 6.03 Å². The van der Waals surface area contributed by atoms with Crippen LogP contribution in [0.3, 0.4) is 0 Å². The van der Waals surface area contributed by atoms with Gasteiger partial charge in [0, 0.05) is 19.1 Å². The van der Waals surface area contributed by atoms with Gasteiger partial charge in [-0.25, -0.2) is 9.18 Å². The average Bonchev–Trinajstić information content (AvgIpc) is 2.57. The van der Waals surface area contributed by atoms with E-state index in [0.29, 0.717) is 30.8 Å². The summed E-state index contributed by atoms with van der Waals surface area (Å²) in [5, 5.41) is 3.06. The molecule has 1 aromatic rings. The van der Waals surface area contributed by atoms with Crippen LogP contribution in [0.1, 0.15) is 26.7 Å². The second kappa shape index (κ2) is 8.04. The topological polar surface area (TPSA) is 44.8 Å². The zero-order chi connectivity index (χ0) is 17.8. The molecule has 2 fully saturated rings. The molecule has 0 bridgehead atoms. The molecule has 1 N–H and O–H groups in total. The van der Waals surface area contributed by atoms with Crippen molar-refractivity contribution in [3.63, 3.8) is 0 Å². The lowest BCUT2D eigenvalue weighted by molar-refractivity contribution is 0.0434. The van der Waals surface area contributed by atoms with Gasteiger partial charge in [-0.1, -0.05) is 0 Å². The van der Waals surface area contributed by atoms with Crippen LogP contribution < -0.4 is 10.1 Å². The fourth-order valence-electron chi connectivity index (χ4n) is 3.46. The lowest BCUT2D eigenvalue weighted by atomic mass is 9.97. The normalized spacial score (nSPS) is 21.9. The quantitative estimate of drug-likeness (QED) is 0.889. The molecule has 3 rings (SSSR count). The fraction of sp³-hybridized carbons (Fsp3) is 0.632. The van der Waals surface area contributed by atoms with Crippen molar-refractivity contribution in [3.05, 3.63) is 30.1 Å². The molecule has 1 atom stereocenters. The van der Waals surface area contributed by atoms with Crippen LogP contribution in [-0.4, -0.2) is 60.7 Å². The molecule has 6 heteroatoms. The summed E-state index contributed by atoms with van der Waals surface area (Å²) < 4.78 is 18.6. The predicted octanol–water partition coefficient (Wildman–Crippen LogP) is 2.72. The Bertz CT molecular complexity index is 573. The number of urea groups is 1. The molecule has 0 unspecified atom stereocenters. The molecule has 2 amide bonds. The van der Waals surface area contributed by atoms with E-state index in [1.807, 2.05) is 0 Å². The average molecular weight is 349 g/mol. The maximum Gasteiger partial charge on any atom is 0.317 e. The summed E-state index contributed by atoms with van der Waals surface area (Å²) in [6.45, 7) is 8.56. The second-order valence-electron chi connectivity index (χ2n) is 7.38. The Morgan fingerprint density at radius 3 is 2.68 bits per heavy atom. The molecule has 5 nitrogen and oxygen atoms in total. The van der Waals surface area contributed by atoms with E-state index in [0.717, 1.165) is 19.6 Å². The van der Waals surface area contributed by atoms with Crippen molar-refractivity contribution in [1.82, 2.24) is 15.1 Å². The van der Waals surface area contributed by atoms with E-state index in [-0.39, 0.29) is 18.0 Å². The molecule has 0 radical (unpaired) electrons. The van der Waals surface area contributed by atoms with Gasteiger partial charge in [-0.15, -0.1) is 0 Å². The molecule has 0 spiro atoms. The van der Waals surface area contributed by atoms with E-state index in [9.17, 15) is 9.18 Å². The van der Waals surface area contributed by atoms with Crippen molar-refractivity contribution in [2.75, 3.05) is 32.7 Å². The number of likely N-dealkylation sites (tertiary alicyclic amines) is 2. The summed E-state index contributed by atoms with van der Waals surface area (Å²) in [5.74, 6) is 0.899. The first-order valence-electron chi connectivity index (χ1n) is 9.20. The Balaban J connectivity index is 1.35. The van der Waals surface area contributed by atoms with Gasteiger partial charge < -0.3 is 19.9 Å². The summed E-state index contributed by atoms with van der Waals surface area (Å²) >= 11 is 0. The zero-order valence-corrected chi connectivity index (χ0v) is 15.1. The lowest BCUT2D eigenvalue weighted by Gasteiger charge is -2.40. The van der Waals surface area contributed by atoms with Crippen molar-refractivity contribution < 1.29 is 13.9 Å². The Hall–Kier alpha value is -1.82. The van der Waals surface area contributed by atoms with Gasteiger partial charge in [0.1, 0.15) is 17.7 Å². The van der Waals surface area contributed by atoms with E-state index in [1.165, 1.54) is 25.0 Å². The van der Waals surface area contributed by atoms with Gasteiger partial charge in [0.15, 0.2) is 0 Å². The maximum atomic E-state index is 12.9. The molecular weight excluding hydrogens is 321 g/mol. The number of ether oxygens (including phenoxy) is 1. The molecule has 1 aromatic carbocycles. The van der Waals surface area contributed by atoms with Crippen molar-refractivity contribution >= 4 is 6.03 Å². The second-order valence-corrected chi connectivity index (χ2v) is 7.38. The van der Waals surface area contributed by atoms with Crippen molar-refractivity contribution in [2.45, 2.75) is 38.8 Å². The van der Waals surface area contributed by atoms with Gasteiger partial charge in [-0.2, -0.15) is 0 Å². The van der Waals surface area contributed by atoms with Crippen molar-refractivity contribution in [3.8, 4) is 5.75 Å². The number of piperidine rings is 1. The molecule has 2 aliphatic rings. The highest BCUT2D eigenvalue weighted by molar-refractivity contribution is 5.75. The molecule has 0 aromatic heterocycles. The van der Waals surface area contributed by atoms with Gasteiger partial charge in [-0.3, -0.25) is 0 Å². The van der Waals surface area contributed by atoms with Crippen LogP contribution in [0.2, 0.25) is 0 Å². The van der Waals surface area contributed by atoms with Crippen LogP contribution in [0, 0.1) is 11.7 Å². The monoisotopic (exact) mass is 349 g/mol. The number of halogens is 1. The predicted molar refractivity (Wildman–Crippen MR) is 95.2 cm³/mol. The number of hydrogen-bond donors (Lipinski definition) is 1. The third-order valence-electron chi connectivity index (χ3n) is 5.07. The molecule has 2 aliphatic heterocycles. The van der Waals surface area contributed by atoms with E-state index < -0.39 is 0 Å². The highest BCUT2D eigenvalue weighted by Crippen LogP contribution is 2.20. The highest BCUT2D eigenvalue weighted by atomic mass is 19.1. The number of nitrogens with one attached hydrogen (secondary N) is 1. The number of carbonyl (C=O) groups excluding carboxylic acids is 1. The third kappa shape index (κ3) is 4.84. The van der Waals surface area contributed by atoms with Crippen LogP contribution in [0.15, 0.2) is 24.3 Å². The number of rotatable bonds is 5. The fourth-order valence-corrected chi connectivity index (χ4v) is 3.46. The number of amides is 2. The van der Waals surface area contributed by atoms with Crippen LogP contribution in [0.5, 0.6) is 5.75 Å². The van der Waals surface area contributed by atoms with Crippen LogP contribution >= 0.6 is 0 Å². The Morgan fingerprint density at radius 2 is 2.00 bits per heavy atom. The maximum absolute atomic E-state index is 12.9. The first kappa shape index (κ1) is 18.0. The number of hydrogen-bond acceptors (Lipinski definition) is 3. The molecule has 138 valence electrons. The number of nitrogens with zero attached hydrogens (tertiary/aromatic N) is 2. The first-order chi connectivity index (χ1) is 12.0. The van der Waals surface area contributed by atoms with Crippen molar-refractivity contribution in [1.29, 1.82) is 0 Å². The smallest absolute Gasteiger partial charge is 0.317 e. The largest absolute Gasteiger partial charge is 0.487 e. The van der Waals surface area contributed by atoms with Crippen LogP contribution in [0.4, 0.5) is 9.18 Å². The molecule has 0 saturated carbocycles. The number of benzene rings is 1. The first-order valence-corrected chi connectivity index (χ1v) is 9.20. The van der Waals surface area contributed by atoms with Gasteiger partial charge in [0.25, 0.3) is 0 Å². The van der Waals surface area contributed by atoms with E-state index in [2.05, 4.69) is 24.1 Å². The van der Waals surface area contributed by atoms with E-state index >= 15 is 0 Å². The minimum absolute atomic E-state index is 0.0117. The molecule has 2 saturated heterocycles. The third-order valence-corrected chi connectivity index (χ3v) is 5.07. The molecular formula is C19H28FN3O2.